The van der Waals surface area contributed by atoms with Crippen LogP contribution in [0.1, 0.15) is 32.3 Å². The first-order valence-corrected chi connectivity index (χ1v) is 10.8. The largest absolute Gasteiger partial charge is 0.390 e. The van der Waals surface area contributed by atoms with Crippen LogP contribution >= 0.6 is 20.8 Å². The second kappa shape index (κ2) is 7.86. The molecule has 0 radical (unpaired) electrons. The van der Waals surface area contributed by atoms with Crippen LogP contribution in [0.25, 0.3) is 0 Å². The summed E-state index contributed by atoms with van der Waals surface area (Å²) >= 11 is 6.46. The number of hydrogen-bond acceptors (Lipinski definition) is 6. The SMILES string of the molecule is CC(C)(O)CN1CC(C2ON=C(c3c(P)cccc3Cl)C2C(=O)NC2CC2)C=N1. The summed E-state index contributed by atoms with van der Waals surface area (Å²) < 4.78 is 0. The van der Waals surface area contributed by atoms with Crippen molar-refractivity contribution in [3.63, 3.8) is 0 Å². The lowest BCUT2D eigenvalue weighted by atomic mass is 9.85. The molecule has 4 unspecified atom stereocenters. The zero-order valence-corrected chi connectivity index (χ0v) is 18.4. The Hall–Kier alpha value is -1.69. The van der Waals surface area contributed by atoms with E-state index in [4.69, 9.17) is 16.4 Å². The maximum Gasteiger partial charge on any atom is 0.233 e. The molecule has 0 bridgehead atoms. The lowest BCUT2D eigenvalue weighted by molar-refractivity contribution is -0.126. The van der Waals surface area contributed by atoms with Gasteiger partial charge in [0, 0.05) is 24.4 Å². The smallest absolute Gasteiger partial charge is 0.233 e. The summed E-state index contributed by atoms with van der Waals surface area (Å²) in [6, 6.07) is 5.80. The first kappa shape index (κ1) is 20.6. The maximum atomic E-state index is 13.2. The predicted octanol–water partition coefficient (Wildman–Crippen LogP) is 1.53. The van der Waals surface area contributed by atoms with E-state index in [-0.39, 0.29) is 17.9 Å². The first-order chi connectivity index (χ1) is 13.7. The molecule has 1 saturated carbocycles. The third kappa shape index (κ3) is 4.57. The highest BCUT2D eigenvalue weighted by Gasteiger charge is 2.47. The molecule has 1 aromatic carbocycles. The fourth-order valence-corrected chi connectivity index (χ4v) is 4.56. The lowest BCUT2D eigenvalue weighted by Crippen LogP contribution is -2.46. The predicted molar refractivity (Wildman–Crippen MR) is 117 cm³/mol. The van der Waals surface area contributed by atoms with E-state index in [0.717, 1.165) is 23.7 Å². The van der Waals surface area contributed by atoms with Gasteiger partial charge in [-0.1, -0.05) is 28.9 Å². The van der Waals surface area contributed by atoms with Crippen LogP contribution in [0.2, 0.25) is 5.02 Å². The molecule has 2 heterocycles. The van der Waals surface area contributed by atoms with Crippen LogP contribution in [0.3, 0.4) is 0 Å². The number of hydrogen-bond donors (Lipinski definition) is 2. The summed E-state index contributed by atoms with van der Waals surface area (Å²) in [5.41, 5.74) is 0.415. The monoisotopic (exact) mass is 436 g/mol. The second-order valence-corrected chi connectivity index (χ2v) is 9.63. The van der Waals surface area contributed by atoms with Gasteiger partial charge in [0.1, 0.15) is 11.6 Å². The molecule has 0 spiro atoms. The van der Waals surface area contributed by atoms with Crippen molar-refractivity contribution < 1.29 is 14.7 Å². The summed E-state index contributed by atoms with van der Waals surface area (Å²) in [5, 5.41) is 25.1. The number of halogens is 1. The van der Waals surface area contributed by atoms with Crippen molar-refractivity contribution in [2.75, 3.05) is 13.1 Å². The number of nitrogens with zero attached hydrogens (tertiary/aromatic N) is 3. The molecular weight excluding hydrogens is 411 g/mol. The summed E-state index contributed by atoms with van der Waals surface area (Å²) in [7, 11) is 2.65. The topological polar surface area (TPSA) is 86.5 Å². The van der Waals surface area contributed by atoms with Crippen LogP contribution in [-0.2, 0) is 9.63 Å². The molecule has 156 valence electrons. The van der Waals surface area contributed by atoms with Crippen LogP contribution in [0.5, 0.6) is 0 Å². The van der Waals surface area contributed by atoms with Gasteiger partial charge in [0.15, 0.2) is 6.10 Å². The van der Waals surface area contributed by atoms with Gasteiger partial charge in [-0.05, 0) is 38.1 Å². The Morgan fingerprint density at radius 2 is 2.21 bits per heavy atom. The molecule has 1 amide bonds. The number of oxime groups is 1. The molecule has 0 aromatic heterocycles. The van der Waals surface area contributed by atoms with Crippen molar-refractivity contribution in [3.05, 3.63) is 28.8 Å². The van der Waals surface area contributed by atoms with Crippen LogP contribution < -0.4 is 10.6 Å². The van der Waals surface area contributed by atoms with Crippen molar-refractivity contribution in [1.82, 2.24) is 10.3 Å². The number of aliphatic hydroxyl groups is 1. The summed E-state index contributed by atoms with van der Waals surface area (Å²) in [4.78, 5) is 19.0. The van der Waals surface area contributed by atoms with Gasteiger partial charge in [0.05, 0.1) is 23.1 Å². The molecular formula is C20H26ClN4O3P. The van der Waals surface area contributed by atoms with Crippen molar-refractivity contribution in [3.8, 4) is 0 Å². The lowest BCUT2D eigenvalue weighted by Gasteiger charge is -2.26. The molecule has 4 rings (SSSR count). The number of rotatable bonds is 6. The normalized spacial score (nSPS) is 26.4. The quantitative estimate of drug-likeness (QED) is 0.662. The Morgan fingerprint density at radius 3 is 2.86 bits per heavy atom. The van der Waals surface area contributed by atoms with E-state index >= 15 is 0 Å². The molecule has 2 N–H and O–H groups in total. The minimum Gasteiger partial charge on any atom is -0.390 e. The molecule has 3 aliphatic rings. The van der Waals surface area contributed by atoms with Crippen molar-refractivity contribution in [2.24, 2.45) is 22.1 Å². The molecule has 7 nitrogen and oxygen atoms in total. The van der Waals surface area contributed by atoms with E-state index in [1.807, 2.05) is 12.1 Å². The van der Waals surface area contributed by atoms with Crippen molar-refractivity contribution in [1.29, 1.82) is 0 Å². The standard InChI is InChI=1S/C20H26ClN4O3P/c1-20(2,27)10-25-9-11(8-22-25)18-16(19(26)23-12-6-7-12)17(24-28-18)15-13(21)4-3-5-14(15)29/h3-5,8,11-12,16,18,27H,6-7,9-10,29H2,1-2H3,(H,23,26). The molecule has 1 aliphatic carbocycles. The van der Waals surface area contributed by atoms with Crippen LogP contribution in [0, 0.1) is 11.8 Å². The number of carbonyl (C=O) groups is 1. The van der Waals surface area contributed by atoms with Crippen molar-refractivity contribution >= 4 is 44.0 Å². The zero-order chi connectivity index (χ0) is 20.8. The van der Waals surface area contributed by atoms with Gasteiger partial charge in [-0.3, -0.25) is 9.80 Å². The Balaban J connectivity index is 1.58. The van der Waals surface area contributed by atoms with Gasteiger partial charge >= 0.3 is 0 Å². The average molecular weight is 437 g/mol. The maximum absolute atomic E-state index is 13.2. The third-order valence-corrected chi connectivity index (χ3v) is 6.03. The molecule has 9 heteroatoms. The molecule has 0 saturated heterocycles. The Morgan fingerprint density at radius 1 is 1.45 bits per heavy atom. The molecule has 4 atom stereocenters. The summed E-state index contributed by atoms with van der Waals surface area (Å²) in [6.45, 7) is 4.44. The molecule has 2 aliphatic heterocycles. The number of amides is 1. The van der Waals surface area contributed by atoms with E-state index in [0.29, 0.717) is 23.8 Å². The Labute approximate surface area is 177 Å². The average Bonchev–Trinajstić information content (AvgIpc) is 3.14. The van der Waals surface area contributed by atoms with Crippen LogP contribution in [-0.4, -0.2) is 58.8 Å². The second-order valence-electron chi connectivity index (χ2n) is 8.60. The highest BCUT2D eigenvalue weighted by atomic mass is 35.5. The molecule has 1 aromatic rings. The fourth-order valence-electron chi connectivity index (χ4n) is 3.78. The summed E-state index contributed by atoms with van der Waals surface area (Å²) in [6.07, 6.45) is 3.32. The van der Waals surface area contributed by atoms with E-state index in [9.17, 15) is 9.90 Å². The van der Waals surface area contributed by atoms with Crippen LogP contribution in [0.4, 0.5) is 0 Å². The van der Waals surface area contributed by atoms with E-state index < -0.39 is 17.6 Å². The first-order valence-electron chi connectivity index (χ1n) is 9.83. The fraction of sp³-hybridized carbons (Fsp3) is 0.550. The minimum absolute atomic E-state index is 0.0904. The number of carbonyl (C=O) groups excluding carboxylic acids is 1. The van der Waals surface area contributed by atoms with E-state index in [1.165, 1.54) is 0 Å². The zero-order valence-electron chi connectivity index (χ0n) is 16.5. The van der Waals surface area contributed by atoms with Gasteiger partial charge < -0.3 is 15.3 Å². The van der Waals surface area contributed by atoms with Crippen LogP contribution in [0.15, 0.2) is 28.5 Å². The highest BCUT2D eigenvalue weighted by Crippen LogP contribution is 2.33. The highest BCUT2D eigenvalue weighted by molar-refractivity contribution is 7.27. The number of nitrogens with one attached hydrogen (secondary N) is 1. The number of hydrazone groups is 1. The molecule has 1 fully saturated rings. The van der Waals surface area contributed by atoms with Crippen molar-refractivity contribution in [2.45, 2.75) is 44.4 Å². The molecule has 29 heavy (non-hydrogen) atoms. The van der Waals surface area contributed by atoms with Gasteiger partial charge in [-0.2, -0.15) is 5.10 Å². The van der Waals surface area contributed by atoms with E-state index in [2.05, 4.69) is 24.8 Å². The Bertz CT molecular complexity index is 846. The summed E-state index contributed by atoms with van der Waals surface area (Å²) in [5.74, 6) is -0.787. The number of benzene rings is 1. The van der Waals surface area contributed by atoms with Gasteiger partial charge in [0.25, 0.3) is 0 Å². The van der Waals surface area contributed by atoms with Gasteiger partial charge in [-0.15, -0.1) is 9.24 Å². The Kier molecular flexibility index (Phi) is 5.58. The number of β-amino-alcohol motifs (C(OH)–C–C–N with tert-alkyl or cyclic N) is 1. The van der Waals surface area contributed by atoms with E-state index in [1.54, 1.807) is 31.1 Å². The minimum atomic E-state index is -0.862. The third-order valence-electron chi connectivity index (χ3n) is 5.24. The van der Waals surface area contributed by atoms with Gasteiger partial charge in [-0.25, -0.2) is 0 Å². The van der Waals surface area contributed by atoms with Gasteiger partial charge in [0.2, 0.25) is 5.91 Å².